The Morgan fingerprint density at radius 3 is 3.26 bits per heavy atom. The highest BCUT2D eigenvalue weighted by molar-refractivity contribution is 7.15. The second-order valence-electron chi connectivity index (χ2n) is 4.17. The van der Waals surface area contributed by atoms with E-state index in [9.17, 15) is 4.79 Å². The minimum Gasteiger partial charge on any atom is -0.467 e. The Hall–Kier alpha value is -1.58. The molecule has 1 aromatic rings. The molecule has 1 aliphatic rings. The lowest BCUT2D eigenvalue weighted by molar-refractivity contribution is 0.0957. The summed E-state index contributed by atoms with van der Waals surface area (Å²) in [5, 5.41) is 3.34. The van der Waals surface area contributed by atoms with Crippen LogP contribution in [-0.4, -0.2) is 36.8 Å². The van der Waals surface area contributed by atoms with Crippen LogP contribution in [0.5, 0.6) is 5.19 Å². The van der Waals surface area contributed by atoms with Gasteiger partial charge in [-0.05, 0) is 12.8 Å². The van der Waals surface area contributed by atoms with Crippen molar-refractivity contribution in [2.24, 2.45) is 0 Å². The number of epoxide rings is 1. The van der Waals surface area contributed by atoms with Gasteiger partial charge in [-0.2, -0.15) is 0 Å². The van der Waals surface area contributed by atoms with Crippen molar-refractivity contribution >= 4 is 17.2 Å². The first-order chi connectivity index (χ1) is 9.29. The number of ether oxygens (including phenoxy) is 2. The maximum Gasteiger partial charge on any atom is 0.273 e. The molecule has 1 amide bonds. The molecule has 1 aromatic heterocycles. The smallest absolute Gasteiger partial charge is 0.273 e. The van der Waals surface area contributed by atoms with Gasteiger partial charge in [0.1, 0.15) is 17.6 Å². The van der Waals surface area contributed by atoms with Gasteiger partial charge < -0.3 is 14.8 Å². The Bertz CT molecular complexity index is 463. The fourth-order valence-corrected chi connectivity index (χ4v) is 2.09. The van der Waals surface area contributed by atoms with E-state index >= 15 is 0 Å². The highest BCUT2D eigenvalue weighted by Crippen LogP contribution is 2.21. The maximum atomic E-state index is 11.8. The molecule has 1 saturated heterocycles. The number of carbonyl (C=O) groups is 1. The summed E-state index contributed by atoms with van der Waals surface area (Å²) in [6.45, 7) is 1.88. The average molecular weight is 280 g/mol. The molecule has 5 nitrogen and oxygen atoms in total. The largest absolute Gasteiger partial charge is 0.467 e. The van der Waals surface area contributed by atoms with Gasteiger partial charge in [-0.1, -0.05) is 11.3 Å². The molecular formula is C13H16N2O3S. The summed E-state index contributed by atoms with van der Waals surface area (Å²) < 4.78 is 10.4. The summed E-state index contributed by atoms with van der Waals surface area (Å²) >= 11 is 1.25. The van der Waals surface area contributed by atoms with Crippen LogP contribution in [0.15, 0.2) is 6.20 Å². The van der Waals surface area contributed by atoms with Gasteiger partial charge in [0.2, 0.25) is 0 Å². The first kappa shape index (κ1) is 13.8. The Morgan fingerprint density at radius 2 is 2.53 bits per heavy atom. The van der Waals surface area contributed by atoms with Crippen molar-refractivity contribution in [2.45, 2.75) is 25.4 Å². The number of carbonyl (C=O) groups excluding carboxylic acids is 1. The molecule has 102 valence electrons. The van der Waals surface area contributed by atoms with Crippen molar-refractivity contribution < 1.29 is 14.3 Å². The Balaban J connectivity index is 1.68. The number of hydrogen-bond donors (Lipinski definition) is 1. The standard InChI is InChI=1S/C13H16N2O3S/c1-2-3-4-5-6-14-12(16)11-7-15-13(19-11)18-9-10-8-17-10/h1,7,10H,3-6,8-9H2,(H,14,16). The van der Waals surface area contributed by atoms with Crippen LogP contribution in [0.2, 0.25) is 0 Å². The second-order valence-corrected chi connectivity index (χ2v) is 5.17. The first-order valence-electron chi connectivity index (χ1n) is 6.21. The van der Waals surface area contributed by atoms with Gasteiger partial charge in [0.05, 0.1) is 12.8 Å². The van der Waals surface area contributed by atoms with Gasteiger partial charge in [-0.25, -0.2) is 4.98 Å². The number of unbranched alkanes of at least 4 members (excludes halogenated alkanes) is 2. The molecule has 0 bridgehead atoms. The molecule has 1 unspecified atom stereocenters. The van der Waals surface area contributed by atoms with E-state index in [1.165, 1.54) is 17.5 Å². The number of rotatable bonds is 8. The zero-order chi connectivity index (χ0) is 13.5. The highest BCUT2D eigenvalue weighted by Gasteiger charge is 2.23. The van der Waals surface area contributed by atoms with E-state index in [4.69, 9.17) is 15.9 Å². The predicted molar refractivity (Wildman–Crippen MR) is 72.4 cm³/mol. The van der Waals surface area contributed by atoms with Crippen LogP contribution in [0, 0.1) is 12.3 Å². The van der Waals surface area contributed by atoms with E-state index in [2.05, 4.69) is 16.2 Å². The zero-order valence-corrected chi connectivity index (χ0v) is 11.4. The van der Waals surface area contributed by atoms with Gasteiger partial charge in [0.15, 0.2) is 0 Å². The number of nitrogens with zero attached hydrogens (tertiary/aromatic N) is 1. The third-order valence-electron chi connectivity index (χ3n) is 2.54. The molecule has 1 aliphatic heterocycles. The number of terminal acetylenes is 1. The van der Waals surface area contributed by atoms with Crippen LogP contribution in [0.3, 0.4) is 0 Å². The predicted octanol–water partition coefficient (Wildman–Crippen LogP) is 1.45. The molecule has 0 aromatic carbocycles. The molecule has 6 heteroatoms. The highest BCUT2D eigenvalue weighted by atomic mass is 32.1. The molecule has 0 saturated carbocycles. The van der Waals surface area contributed by atoms with E-state index in [1.54, 1.807) is 0 Å². The summed E-state index contributed by atoms with van der Waals surface area (Å²) in [7, 11) is 0. The second kappa shape index (κ2) is 7.12. The minimum absolute atomic E-state index is 0.115. The number of nitrogens with one attached hydrogen (secondary N) is 1. The Labute approximate surface area is 116 Å². The minimum atomic E-state index is -0.115. The molecule has 0 aliphatic carbocycles. The van der Waals surface area contributed by atoms with Gasteiger partial charge in [0.25, 0.3) is 11.1 Å². The van der Waals surface area contributed by atoms with Gasteiger partial charge in [-0.3, -0.25) is 4.79 Å². The summed E-state index contributed by atoms with van der Waals surface area (Å²) in [5.41, 5.74) is 0. The molecule has 19 heavy (non-hydrogen) atoms. The summed E-state index contributed by atoms with van der Waals surface area (Å²) in [4.78, 5) is 16.4. The van der Waals surface area contributed by atoms with Crippen molar-refractivity contribution in [3.63, 3.8) is 0 Å². The number of hydrogen-bond acceptors (Lipinski definition) is 5. The lowest BCUT2D eigenvalue weighted by Gasteiger charge is -2.01. The molecule has 1 atom stereocenters. The van der Waals surface area contributed by atoms with Crippen molar-refractivity contribution in [2.75, 3.05) is 19.8 Å². The number of aromatic nitrogens is 1. The molecular weight excluding hydrogens is 264 g/mol. The number of amides is 1. The molecule has 1 N–H and O–H groups in total. The lowest BCUT2D eigenvalue weighted by atomic mass is 10.2. The van der Waals surface area contributed by atoms with Crippen molar-refractivity contribution in [1.82, 2.24) is 10.3 Å². The van der Waals surface area contributed by atoms with Crippen molar-refractivity contribution in [3.8, 4) is 17.5 Å². The van der Waals surface area contributed by atoms with E-state index in [-0.39, 0.29) is 12.0 Å². The Kier molecular flexibility index (Phi) is 5.19. The summed E-state index contributed by atoms with van der Waals surface area (Å²) in [6.07, 6.45) is 9.44. The van der Waals surface area contributed by atoms with Crippen LogP contribution in [0.1, 0.15) is 28.9 Å². The van der Waals surface area contributed by atoms with E-state index in [0.29, 0.717) is 23.2 Å². The third-order valence-corrected chi connectivity index (χ3v) is 3.45. The lowest BCUT2D eigenvalue weighted by Crippen LogP contribution is -2.23. The van der Waals surface area contributed by atoms with Crippen LogP contribution in [-0.2, 0) is 4.74 Å². The normalized spacial score (nSPS) is 16.7. The van der Waals surface area contributed by atoms with Gasteiger partial charge in [-0.15, -0.1) is 12.3 Å². The van der Waals surface area contributed by atoms with E-state index < -0.39 is 0 Å². The maximum absolute atomic E-state index is 11.8. The molecule has 0 radical (unpaired) electrons. The summed E-state index contributed by atoms with van der Waals surface area (Å²) in [6, 6.07) is 0. The van der Waals surface area contributed by atoms with Crippen LogP contribution in [0.4, 0.5) is 0 Å². The molecule has 2 heterocycles. The monoisotopic (exact) mass is 280 g/mol. The van der Waals surface area contributed by atoms with Crippen molar-refractivity contribution in [1.29, 1.82) is 0 Å². The van der Waals surface area contributed by atoms with E-state index in [0.717, 1.165) is 25.9 Å². The van der Waals surface area contributed by atoms with Crippen molar-refractivity contribution in [3.05, 3.63) is 11.1 Å². The first-order valence-corrected chi connectivity index (χ1v) is 7.03. The zero-order valence-electron chi connectivity index (χ0n) is 10.6. The molecule has 2 rings (SSSR count). The van der Waals surface area contributed by atoms with Gasteiger partial charge >= 0.3 is 0 Å². The van der Waals surface area contributed by atoms with Crippen LogP contribution < -0.4 is 10.1 Å². The quantitative estimate of drug-likeness (QED) is 0.445. The molecule has 0 spiro atoms. The average Bonchev–Trinajstić information content (AvgIpc) is 3.13. The topological polar surface area (TPSA) is 63.8 Å². The van der Waals surface area contributed by atoms with Crippen LogP contribution in [0.25, 0.3) is 0 Å². The van der Waals surface area contributed by atoms with Gasteiger partial charge in [0, 0.05) is 13.0 Å². The number of thiazole rings is 1. The van der Waals surface area contributed by atoms with E-state index in [1.807, 2.05) is 0 Å². The van der Waals surface area contributed by atoms with Crippen LogP contribution >= 0.6 is 11.3 Å². The fraction of sp³-hybridized carbons (Fsp3) is 0.538. The molecule has 1 fully saturated rings. The third kappa shape index (κ3) is 4.89. The Morgan fingerprint density at radius 1 is 1.68 bits per heavy atom. The summed E-state index contributed by atoms with van der Waals surface area (Å²) in [5.74, 6) is 2.46. The fourth-order valence-electron chi connectivity index (χ4n) is 1.40. The SMILES string of the molecule is C#CCCCCNC(=O)c1cnc(OCC2CO2)s1.